The molecule has 0 fully saturated rings. The third-order valence-electron chi connectivity index (χ3n) is 3.57. The van der Waals surface area contributed by atoms with Gasteiger partial charge in [-0.2, -0.15) is 0 Å². The Hall–Kier alpha value is -1.88. The Labute approximate surface area is 154 Å². The maximum absolute atomic E-state index is 12.4. The molecule has 3 nitrogen and oxygen atoms in total. The molecule has 6 heteroatoms. The summed E-state index contributed by atoms with van der Waals surface area (Å²) in [7, 11) is 0. The van der Waals surface area contributed by atoms with Crippen LogP contribution in [0.1, 0.15) is 21.5 Å². The van der Waals surface area contributed by atoms with E-state index in [1.54, 1.807) is 12.1 Å². The number of thiazole rings is 1. The summed E-state index contributed by atoms with van der Waals surface area (Å²) in [5.74, 6) is -0.164. The van der Waals surface area contributed by atoms with Crippen molar-refractivity contribution in [1.82, 2.24) is 4.98 Å². The van der Waals surface area contributed by atoms with E-state index in [1.165, 1.54) is 11.3 Å². The second kappa shape index (κ2) is 6.93. The molecule has 0 atom stereocenters. The number of amides is 1. The molecule has 0 bridgehead atoms. The topological polar surface area (TPSA) is 42.0 Å². The van der Waals surface area contributed by atoms with Crippen molar-refractivity contribution in [3.05, 3.63) is 68.5 Å². The number of rotatable bonds is 3. The third kappa shape index (κ3) is 3.61. The van der Waals surface area contributed by atoms with Crippen LogP contribution in [0.3, 0.4) is 0 Å². The zero-order chi connectivity index (χ0) is 17.3. The van der Waals surface area contributed by atoms with Gasteiger partial charge in [0.1, 0.15) is 0 Å². The molecular formula is C18H14Cl2N2OS. The van der Waals surface area contributed by atoms with Crippen LogP contribution in [-0.4, -0.2) is 10.9 Å². The number of nitrogens with zero attached hydrogens (tertiary/aromatic N) is 1. The Balaban J connectivity index is 1.80. The summed E-state index contributed by atoms with van der Waals surface area (Å²) in [6.07, 6.45) is 0. The molecule has 0 saturated heterocycles. The van der Waals surface area contributed by atoms with Gasteiger partial charge in [0, 0.05) is 16.5 Å². The fourth-order valence-electron chi connectivity index (χ4n) is 2.35. The summed E-state index contributed by atoms with van der Waals surface area (Å²) in [6.45, 7) is 3.92. The number of carbonyl (C=O) groups is 1. The van der Waals surface area contributed by atoms with Gasteiger partial charge in [-0.05, 0) is 37.6 Å². The minimum absolute atomic E-state index is 0.164. The van der Waals surface area contributed by atoms with E-state index in [2.05, 4.69) is 10.3 Å². The van der Waals surface area contributed by atoms with E-state index < -0.39 is 0 Å². The van der Waals surface area contributed by atoms with Gasteiger partial charge in [0.05, 0.1) is 15.7 Å². The molecule has 1 N–H and O–H groups in total. The molecule has 1 heterocycles. The molecule has 0 aliphatic heterocycles. The molecule has 0 aliphatic carbocycles. The van der Waals surface area contributed by atoms with E-state index in [9.17, 15) is 4.79 Å². The summed E-state index contributed by atoms with van der Waals surface area (Å²) in [6, 6.07) is 11.1. The summed E-state index contributed by atoms with van der Waals surface area (Å²) in [5, 5.41) is 6.23. The number of nitrogens with one attached hydrogen (secondary N) is 1. The van der Waals surface area contributed by atoms with Crippen LogP contribution in [0, 0.1) is 13.8 Å². The summed E-state index contributed by atoms with van der Waals surface area (Å²) in [5.41, 5.74) is 4.31. The summed E-state index contributed by atoms with van der Waals surface area (Å²) >= 11 is 13.3. The van der Waals surface area contributed by atoms with E-state index >= 15 is 0 Å². The smallest absolute Gasteiger partial charge is 0.257 e. The average molecular weight is 377 g/mol. The molecule has 1 amide bonds. The quantitative estimate of drug-likeness (QED) is 0.610. The molecule has 1 aromatic heterocycles. The second-order valence-corrected chi connectivity index (χ2v) is 7.11. The molecule has 0 aliphatic rings. The lowest BCUT2D eigenvalue weighted by Gasteiger charge is -2.06. The number of benzene rings is 2. The van der Waals surface area contributed by atoms with Gasteiger partial charge in [0.25, 0.3) is 5.91 Å². The van der Waals surface area contributed by atoms with Crippen molar-refractivity contribution in [2.75, 3.05) is 5.32 Å². The van der Waals surface area contributed by atoms with E-state index in [1.807, 2.05) is 43.5 Å². The zero-order valence-electron chi connectivity index (χ0n) is 13.1. The lowest BCUT2D eigenvalue weighted by molar-refractivity contribution is 0.102. The maximum Gasteiger partial charge on any atom is 0.257 e. The van der Waals surface area contributed by atoms with Crippen LogP contribution in [0.2, 0.25) is 10.0 Å². The first-order chi connectivity index (χ1) is 11.4. The second-order valence-electron chi connectivity index (χ2n) is 5.44. The van der Waals surface area contributed by atoms with Gasteiger partial charge in [0.15, 0.2) is 5.13 Å². The Bertz CT molecular complexity index is 921. The lowest BCUT2D eigenvalue weighted by atomic mass is 10.1. The van der Waals surface area contributed by atoms with E-state index in [0.717, 1.165) is 22.4 Å². The van der Waals surface area contributed by atoms with Gasteiger partial charge in [0.2, 0.25) is 0 Å². The van der Waals surface area contributed by atoms with Crippen LogP contribution in [0.15, 0.2) is 41.8 Å². The summed E-state index contributed by atoms with van der Waals surface area (Å²) < 4.78 is 0. The number of hydrogen-bond acceptors (Lipinski definition) is 3. The maximum atomic E-state index is 12.4. The first-order valence-corrected chi connectivity index (χ1v) is 8.87. The predicted molar refractivity (Wildman–Crippen MR) is 101 cm³/mol. The monoisotopic (exact) mass is 376 g/mol. The minimum Gasteiger partial charge on any atom is -0.298 e. The molecule has 0 unspecified atom stereocenters. The number of carbonyl (C=O) groups excluding carboxylic acids is 1. The molecular weight excluding hydrogens is 363 g/mol. The Kier molecular flexibility index (Phi) is 4.90. The van der Waals surface area contributed by atoms with Gasteiger partial charge in [-0.15, -0.1) is 11.3 Å². The van der Waals surface area contributed by atoms with Crippen LogP contribution < -0.4 is 5.32 Å². The van der Waals surface area contributed by atoms with Crippen molar-refractivity contribution in [2.24, 2.45) is 0 Å². The molecule has 3 rings (SSSR count). The van der Waals surface area contributed by atoms with Gasteiger partial charge in [-0.25, -0.2) is 4.98 Å². The van der Waals surface area contributed by atoms with Gasteiger partial charge >= 0.3 is 0 Å². The molecule has 0 radical (unpaired) electrons. The lowest BCUT2D eigenvalue weighted by Crippen LogP contribution is -2.13. The highest BCUT2D eigenvalue weighted by molar-refractivity contribution is 7.14. The van der Waals surface area contributed by atoms with Gasteiger partial charge in [-0.1, -0.05) is 47.0 Å². The van der Waals surface area contributed by atoms with Crippen molar-refractivity contribution in [2.45, 2.75) is 13.8 Å². The molecule has 24 heavy (non-hydrogen) atoms. The van der Waals surface area contributed by atoms with Crippen molar-refractivity contribution in [3.8, 4) is 11.3 Å². The highest BCUT2D eigenvalue weighted by Gasteiger charge is 2.12. The third-order valence-corrected chi connectivity index (χ3v) is 5.06. The van der Waals surface area contributed by atoms with Gasteiger partial charge in [-0.3, -0.25) is 10.1 Å². The van der Waals surface area contributed by atoms with Crippen LogP contribution in [0.25, 0.3) is 11.3 Å². The molecule has 0 spiro atoms. The number of anilines is 1. The van der Waals surface area contributed by atoms with E-state index in [0.29, 0.717) is 20.7 Å². The zero-order valence-corrected chi connectivity index (χ0v) is 15.4. The SMILES string of the molecule is Cc1ccc(C(=O)Nc2nc(-c3ccc(Cl)c(Cl)c3)cs2)c(C)c1. The Morgan fingerprint density at radius 2 is 1.88 bits per heavy atom. The van der Waals surface area contributed by atoms with Crippen molar-refractivity contribution in [3.63, 3.8) is 0 Å². The van der Waals surface area contributed by atoms with Crippen molar-refractivity contribution >= 4 is 45.6 Å². The molecule has 2 aromatic carbocycles. The standard InChI is InChI=1S/C18H14Cl2N2OS/c1-10-3-5-13(11(2)7-10)17(23)22-18-21-16(9-24-18)12-4-6-14(19)15(20)8-12/h3-9H,1-2H3,(H,21,22,23). The van der Waals surface area contributed by atoms with Crippen molar-refractivity contribution in [1.29, 1.82) is 0 Å². The van der Waals surface area contributed by atoms with Gasteiger partial charge < -0.3 is 0 Å². The number of aromatic nitrogens is 1. The van der Waals surface area contributed by atoms with Crippen LogP contribution in [-0.2, 0) is 0 Å². The largest absolute Gasteiger partial charge is 0.298 e. The highest BCUT2D eigenvalue weighted by Crippen LogP contribution is 2.30. The normalized spacial score (nSPS) is 10.7. The van der Waals surface area contributed by atoms with Crippen LogP contribution in [0.5, 0.6) is 0 Å². The summed E-state index contributed by atoms with van der Waals surface area (Å²) in [4.78, 5) is 16.9. The average Bonchev–Trinajstić information content (AvgIpc) is 2.98. The fraction of sp³-hybridized carbons (Fsp3) is 0.111. The van der Waals surface area contributed by atoms with Crippen LogP contribution in [0.4, 0.5) is 5.13 Å². The molecule has 122 valence electrons. The predicted octanol–water partition coefficient (Wildman–Crippen LogP) is 5.99. The van der Waals surface area contributed by atoms with Crippen molar-refractivity contribution < 1.29 is 4.79 Å². The molecule has 0 saturated carbocycles. The fourth-order valence-corrected chi connectivity index (χ4v) is 3.36. The molecule has 3 aromatic rings. The highest BCUT2D eigenvalue weighted by atomic mass is 35.5. The number of hydrogen-bond donors (Lipinski definition) is 1. The Morgan fingerprint density at radius 3 is 2.58 bits per heavy atom. The van der Waals surface area contributed by atoms with Crippen LogP contribution >= 0.6 is 34.5 Å². The first-order valence-electron chi connectivity index (χ1n) is 7.23. The number of aryl methyl sites for hydroxylation is 2. The minimum atomic E-state index is -0.164. The van der Waals surface area contributed by atoms with E-state index in [-0.39, 0.29) is 5.91 Å². The van der Waals surface area contributed by atoms with E-state index in [4.69, 9.17) is 23.2 Å². The number of halogens is 2. The first kappa shape index (κ1) is 17.0. The Morgan fingerprint density at radius 1 is 1.08 bits per heavy atom.